The van der Waals surface area contributed by atoms with Gasteiger partial charge in [0.1, 0.15) is 17.2 Å². The molecule has 33 heavy (non-hydrogen) atoms. The van der Waals surface area contributed by atoms with Gasteiger partial charge >= 0.3 is 5.97 Å². The molecule has 3 aromatic rings. The number of anilines is 1. The molecule has 172 valence electrons. The summed E-state index contributed by atoms with van der Waals surface area (Å²) in [7, 11) is 1.58. The van der Waals surface area contributed by atoms with Crippen molar-refractivity contribution < 1.29 is 23.8 Å². The molecule has 0 heterocycles. The normalized spacial score (nSPS) is 10.9. The van der Waals surface area contributed by atoms with Gasteiger partial charge in [0.05, 0.1) is 7.11 Å². The van der Waals surface area contributed by atoms with Gasteiger partial charge in [-0.3, -0.25) is 4.79 Å². The molecule has 0 aromatic heterocycles. The van der Waals surface area contributed by atoms with Crippen molar-refractivity contribution in [1.29, 1.82) is 0 Å². The largest absolute Gasteiger partial charge is 0.497 e. The van der Waals surface area contributed by atoms with Gasteiger partial charge in [0.25, 0.3) is 5.91 Å². The number of hydrogen-bond donors (Lipinski definition) is 1. The zero-order valence-electron chi connectivity index (χ0n) is 19.0. The van der Waals surface area contributed by atoms with E-state index in [1.807, 2.05) is 18.2 Å². The molecule has 7 heteroatoms. The highest BCUT2D eigenvalue weighted by molar-refractivity contribution is 9.10. The number of methoxy groups -OCH3 is 1. The van der Waals surface area contributed by atoms with E-state index in [4.69, 9.17) is 14.2 Å². The second kappa shape index (κ2) is 10.5. The summed E-state index contributed by atoms with van der Waals surface area (Å²) in [6.07, 6.45) is 0. The quantitative estimate of drug-likeness (QED) is 0.311. The van der Waals surface area contributed by atoms with Crippen LogP contribution in [0.15, 0.2) is 71.2 Å². The lowest BCUT2D eigenvalue weighted by Gasteiger charge is -2.23. The molecular formula is C26H26BrNO5. The molecule has 0 radical (unpaired) electrons. The molecule has 6 nitrogen and oxygen atoms in total. The number of halogens is 1. The molecule has 0 aliphatic carbocycles. The van der Waals surface area contributed by atoms with Crippen molar-refractivity contribution in [2.24, 2.45) is 0 Å². The van der Waals surface area contributed by atoms with Crippen LogP contribution in [0.2, 0.25) is 0 Å². The number of ether oxygens (including phenoxy) is 3. The molecule has 0 saturated carbocycles. The number of esters is 1. The Balaban J connectivity index is 1.56. The maximum Gasteiger partial charge on any atom is 0.349 e. The third-order valence-corrected chi connectivity index (χ3v) is 5.28. The minimum atomic E-state index is -0.534. The number of amides is 1. The van der Waals surface area contributed by atoms with Crippen molar-refractivity contribution in [2.75, 3.05) is 19.0 Å². The predicted octanol–water partition coefficient (Wildman–Crippen LogP) is 5.99. The molecule has 3 rings (SSSR count). The Morgan fingerprint density at radius 2 is 1.55 bits per heavy atom. The van der Waals surface area contributed by atoms with Crippen LogP contribution >= 0.6 is 15.9 Å². The fourth-order valence-corrected chi connectivity index (χ4v) is 3.42. The van der Waals surface area contributed by atoms with Crippen molar-refractivity contribution in [3.8, 4) is 17.2 Å². The van der Waals surface area contributed by atoms with Crippen LogP contribution in [0, 0.1) is 0 Å². The van der Waals surface area contributed by atoms with Crippen molar-refractivity contribution in [3.63, 3.8) is 0 Å². The van der Waals surface area contributed by atoms with Crippen LogP contribution in [0.4, 0.5) is 5.69 Å². The van der Waals surface area contributed by atoms with E-state index in [0.29, 0.717) is 28.5 Å². The highest BCUT2D eigenvalue weighted by Gasteiger charge is 2.20. The Hall–Kier alpha value is -3.32. The molecular weight excluding hydrogens is 486 g/mol. The summed E-state index contributed by atoms with van der Waals surface area (Å²) in [6.45, 7) is 6.00. The Morgan fingerprint density at radius 3 is 2.15 bits per heavy atom. The molecule has 0 spiro atoms. The standard InChI is InChI=1S/C26H26BrNO5/c1-26(2,3)22-15-18(27)7-14-23(22)32-16-24(29)33-21-10-5-17(6-11-21)25(30)28-19-8-12-20(31-4)13-9-19/h5-15H,16H2,1-4H3,(H,28,30). The molecule has 0 atom stereocenters. The predicted molar refractivity (Wildman–Crippen MR) is 131 cm³/mol. The van der Waals surface area contributed by atoms with E-state index in [-0.39, 0.29) is 17.9 Å². The number of hydrogen-bond acceptors (Lipinski definition) is 5. The molecule has 1 amide bonds. The van der Waals surface area contributed by atoms with Gasteiger partial charge in [-0.25, -0.2) is 4.79 Å². The minimum Gasteiger partial charge on any atom is -0.497 e. The molecule has 3 aromatic carbocycles. The van der Waals surface area contributed by atoms with Gasteiger partial charge in [-0.2, -0.15) is 0 Å². The first-order chi connectivity index (χ1) is 15.7. The van der Waals surface area contributed by atoms with Crippen LogP contribution in [-0.4, -0.2) is 25.6 Å². The maximum atomic E-state index is 12.4. The van der Waals surface area contributed by atoms with Crippen LogP contribution < -0.4 is 19.5 Å². The van der Waals surface area contributed by atoms with Crippen molar-refractivity contribution in [3.05, 3.63) is 82.3 Å². The van der Waals surface area contributed by atoms with Crippen LogP contribution in [0.1, 0.15) is 36.7 Å². The van der Waals surface area contributed by atoms with Crippen molar-refractivity contribution in [2.45, 2.75) is 26.2 Å². The van der Waals surface area contributed by atoms with E-state index in [0.717, 1.165) is 10.0 Å². The summed E-state index contributed by atoms with van der Waals surface area (Å²) in [6, 6.07) is 19.0. The van der Waals surface area contributed by atoms with Crippen LogP contribution in [0.3, 0.4) is 0 Å². The maximum absolute atomic E-state index is 12.4. The van der Waals surface area contributed by atoms with Gasteiger partial charge in [-0.1, -0.05) is 36.7 Å². The summed E-state index contributed by atoms with van der Waals surface area (Å²) >= 11 is 3.47. The number of carbonyl (C=O) groups is 2. The summed E-state index contributed by atoms with van der Waals surface area (Å²) in [4.78, 5) is 24.7. The SMILES string of the molecule is COc1ccc(NC(=O)c2ccc(OC(=O)COc3ccc(Br)cc3C(C)(C)C)cc2)cc1. The van der Waals surface area contributed by atoms with Crippen molar-refractivity contribution >= 4 is 33.5 Å². The van der Waals surface area contributed by atoms with Gasteiger partial charge in [0.2, 0.25) is 0 Å². The first-order valence-corrected chi connectivity index (χ1v) is 11.1. The highest BCUT2D eigenvalue weighted by atomic mass is 79.9. The number of benzene rings is 3. The van der Waals surface area contributed by atoms with E-state index in [1.165, 1.54) is 0 Å². The van der Waals surface area contributed by atoms with Crippen molar-refractivity contribution in [1.82, 2.24) is 0 Å². The Labute approximate surface area is 202 Å². The van der Waals surface area contributed by atoms with Crippen LogP contribution in [0.5, 0.6) is 17.2 Å². The summed E-state index contributed by atoms with van der Waals surface area (Å²) in [5.41, 5.74) is 1.92. The number of rotatable bonds is 7. The molecule has 1 N–H and O–H groups in total. The third kappa shape index (κ3) is 6.83. The monoisotopic (exact) mass is 511 g/mol. The van der Waals surface area contributed by atoms with E-state index in [2.05, 4.69) is 42.0 Å². The smallest absolute Gasteiger partial charge is 0.349 e. The lowest BCUT2D eigenvalue weighted by Crippen LogP contribution is -2.20. The van der Waals surface area contributed by atoms with E-state index < -0.39 is 5.97 Å². The molecule has 0 unspecified atom stereocenters. The Kier molecular flexibility index (Phi) is 7.76. The van der Waals surface area contributed by atoms with E-state index in [1.54, 1.807) is 55.6 Å². The first-order valence-electron chi connectivity index (χ1n) is 10.3. The minimum absolute atomic E-state index is 0.148. The molecule has 0 bridgehead atoms. The summed E-state index contributed by atoms with van der Waals surface area (Å²) in [5, 5.41) is 2.80. The van der Waals surface area contributed by atoms with Crippen LogP contribution in [-0.2, 0) is 10.2 Å². The Morgan fingerprint density at radius 1 is 0.909 bits per heavy atom. The second-order valence-corrected chi connectivity index (χ2v) is 9.28. The Bertz CT molecular complexity index is 1120. The lowest BCUT2D eigenvalue weighted by molar-refractivity contribution is -0.136. The second-order valence-electron chi connectivity index (χ2n) is 8.36. The zero-order valence-corrected chi connectivity index (χ0v) is 20.6. The number of carbonyl (C=O) groups excluding carboxylic acids is 2. The lowest BCUT2D eigenvalue weighted by atomic mass is 9.86. The first kappa shape index (κ1) is 24.3. The fraction of sp³-hybridized carbons (Fsp3) is 0.231. The van der Waals surface area contributed by atoms with Gasteiger partial charge in [0, 0.05) is 21.3 Å². The molecule has 0 fully saturated rings. The highest BCUT2D eigenvalue weighted by Crippen LogP contribution is 2.33. The average Bonchev–Trinajstić information content (AvgIpc) is 2.78. The van der Waals surface area contributed by atoms with E-state index in [9.17, 15) is 9.59 Å². The number of nitrogens with one attached hydrogen (secondary N) is 1. The van der Waals surface area contributed by atoms with Gasteiger partial charge < -0.3 is 19.5 Å². The average molecular weight is 512 g/mol. The topological polar surface area (TPSA) is 73.9 Å². The molecule has 0 aliphatic heterocycles. The third-order valence-electron chi connectivity index (χ3n) is 4.79. The van der Waals surface area contributed by atoms with Gasteiger partial charge in [-0.15, -0.1) is 0 Å². The summed E-state index contributed by atoms with van der Waals surface area (Å²) < 4.78 is 17.1. The fourth-order valence-electron chi connectivity index (χ4n) is 3.06. The van der Waals surface area contributed by atoms with Gasteiger partial charge in [0.15, 0.2) is 6.61 Å². The van der Waals surface area contributed by atoms with E-state index >= 15 is 0 Å². The van der Waals surface area contributed by atoms with Crippen LogP contribution in [0.25, 0.3) is 0 Å². The zero-order chi connectivity index (χ0) is 24.0. The van der Waals surface area contributed by atoms with Gasteiger partial charge in [-0.05, 0) is 72.1 Å². The molecule has 0 saturated heterocycles. The summed E-state index contributed by atoms with van der Waals surface area (Å²) in [5.74, 6) is 0.863. The molecule has 0 aliphatic rings.